The molecule has 160 valence electrons. The summed E-state index contributed by atoms with van der Waals surface area (Å²) in [4.78, 5) is 128. The average molecular weight is 737 g/mol. The van der Waals surface area contributed by atoms with Gasteiger partial charge >= 0.3 is 271 Å². The molecule has 0 aliphatic heterocycles. The molecule has 0 unspecified atom stereocenters. The van der Waals surface area contributed by atoms with Gasteiger partial charge in [-0.1, -0.05) is 0 Å². The summed E-state index contributed by atoms with van der Waals surface area (Å²) in [7, 11) is -26.9. The zero-order valence-corrected chi connectivity index (χ0v) is 39.0. The van der Waals surface area contributed by atoms with Gasteiger partial charge in [0.25, 0.3) is 0 Å². The first-order valence-corrected chi connectivity index (χ1v) is 11.0. The molecule has 0 rings (SSSR count). The quantitative estimate of drug-likeness (QED) is 0.164. The second kappa shape index (κ2) is 47.0. The predicted molar refractivity (Wildman–Crippen MR) is 72.6 cm³/mol. The molecule has 0 fully saturated rings. The summed E-state index contributed by atoms with van der Waals surface area (Å²) < 4.78 is 42.7. The third-order valence-electron chi connectivity index (χ3n) is 0. The summed E-state index contributed by atoms with van der Waals surface area (Å²) in [5, 5.41) is 0. The molecule has 0 aromatic heterocycles. The second-order valence-corrected chi connectivity index (χ2v) is 6.71. The van der Waals surface area contributed by atoms with Gasteiger partial charge in [-0.3, -0.25) is 0 Å². The minimum absolute atomic E-state index is 0. The normalized spacial score (nSPS) is 8.68. The molecule has 0 aliphatic rings. The first-order valence-electron chi connectivity index (χ1n) is 3.65. The minimum atomic E-state index is -5.39. The van der Waals surface area contributed by atoms with Crippen LogP contribution in [0.3, 0.4) is 0 Å². The Kier molecular flexibility index (Phi) is 125. The molecule has 0 heterocycles. The van der Waals surface area contributed by atoms with Crippen LogP contribution in [0.4, 0.5) is 0 Å². The molecule has 0 atom stereocenters. The molecule has 0 N–H and O–H groups in total. The van der Waals surface area contributed by atoms with Crippen LogP contribution in [-0.2, 0) is 22.8 Å². The molecule has 34 heteroatoms. The summed E-state index contributed by atoms with van der Waals surface area (Å²) in [5.41, 5.74) is 0. The smallest absolute Gasteiger partial charge is 0.822 e. The van der Waals surface area contributed by atoms with E-state index in [0.29, 0.717) is 0 Å². The van der Waals surface area contributed by atoms with Crippen molar-refractivity contribution in [1.82, 2.24) is 0 Å². The van der Waals surface area contributed by atoms with E-state index in [0.717, 1.165) is 0 Å². The van der Waals surface area contributed by atoms with Gasteiger partial charge in [0.1, 0.15) is 0 Å². The molecule has 0 bridgehead atoms. The van der Waals surface area contributed by atoms with Gasteiger partial charge in [-0.2, -0.15) is 39.1 Å². The molecule has 0 aliphatic carbocycles. The van der Waals surface area contributed by atoms with Crippen LogP contribution in [0.2, 0.25) is 0 Å². The van der Waals surface area contributed by atoms with E-state index in [-0.39, 0.29) is 271 Å². The molecule has 0 radical (unpaired) electrons. The Morgan fingerprint density at radius 3 is 0.265 bits per heavy atom. The summed E-state index contributed by atoms with van der Waals surface area (Å²) >= 11 is 0. The van der Waals surface area contributed by atoms with Crippen molar-refractivity contribution in [1.29, 1.82) is 0 Å². The van der Waals surface area contributed by atoms with Crippen molar-refractivity contribution in [2.24, 2.45) is 0 Å². The van der Waals surface area contributed by atoms with Gasteiger partial charge in [-0.25, -0.2) is 0 Å². The zero-order valence-electron chi connectivity index (χ0n) is 17.6. The van der Waals surface area contributed by atoms with Crippen LogP contribution in [0.15, 0.2) is 0 Å². The van der Waals surface area contributed by atoms with Crippen molar-refractivity contribution in [2.45, 2.75) is 0 Å². The van der Waals surface area contributed by atoms with E-state index in [9.17, 15) is 0 Å². The summed E-state index contributed by atoms with van der Waals surface area (Å²) in [6, 6.07) is 0. The Morgan fingerprint density at radius 2 is 0.265 bits per heavy atom. The number of rotatable bonds is 0. The zero-order chi connectivity index (χ0) is 22.5. The Labute approximate surface area is 396 Å². The molecule has 0 amide bonds. The maximum absolute atomic E-state index is 8.55. The van der Waals surface area contributed by atoms with Gasteiger partial charge < -0.3 is 96.2 Å². The molecule has 0 saturated carbocycles. The fraction of sp³-hybridized carbons (Fsp3) is 0. The van der Waals surface area contributed by atoms with Crippen molar-refractivity contribution in [3.63, 3.8) is 0 Å². The third kappa shape index (κ3) is 741. The first kappa shape index (κ1) is 90.3. The summed E-state index contributed by atoms with van der Waals surface area (Å²) in [6.45, 7) is 0. The fourth-order valence-electron chi connectivity index (χ4n) is 0. The molecule has 0 spiro atoms. The molecule has 34 heavy (non-hydrogen) atoms. The molecule has 0 aromatic carbocycles. The van der Waals surface area contributed by atoms with Crippen molar-refractivity contribution in [3.8, 4) is 0 Å². The molecule has 20 nitrogen and oxygen atoms in total. The minimum Gasteiger partial charge on any atom is -0.822 e. The Hall–Kier alpha value is 9.63. The van der Waals surface area contributed by atoms with Crippen LogP contribution >= 0.6 is 39.1 Å². The van der Waals surface area contributed by atoms with Gasteiger partial charge in [-0.05, 0) is 0 Å². The third-order valence-corrected chi connectivity index (χ3v) is 0. The van der Waals surface area contributed by atoms with Gasteiger partial charge in [0.15, 0.2) is 0 Å². The Balaban J connectivity index is -0.0000000115. The van der Waals surface area contributed by atoms with Crippen molar-refractivity contribution >= 4 is 221 Å². The van der Waals surface area contributed by atoms with E-state index in [4.69, 9.17) is 96.2 Å². The van der Waals surface area contributed by atoms with Gasteiger partial charge in [0, 0.05) is 0 Å². The predicted octanol–water partition coefficient (Wildman–Crippen LogP) is -25.4. The van der Waals surface area contributed by atoms with E-state index >= 15 is 0 Å². The summed E-state index contributed by atoms with van der Waals surface area (Å²) in [5.74, 6) is 0. The molecule has 0 aromatic rings. The van der Waals surface area contributed by atoms with Crippen molar-refractivity contribution in [3.05, 3.63) is 0 Å². The van der Waals surface area contributed by atoms with Crippen LogP contribution in [0.25, 0.3) is 0 Å². The molecular weight excluding hydrogens is 737 g/mol. The maximum atomic E-state index is 8.55. The van der Waals surface area contributed by atoms with Crippen molar-refractivity contribution < 1.29 is 185 Å². The summed E-state index contributed by atoms with van der Waals surface area (Å²) in [6.07, 6.45) is 0. The van der Waals surface area contributed by atoms with Crippen LogP contribution < -0.4 is 162 Å². The first-order chi connectivity index (χ1) is 10.0. The Morgan fingerprint density at radius 1 is 0.265 bits per heavy atom. The van der Waals surface area contributed by atoms with Crippen molar-refractivity contribution in [2.75, 3.05) is 0 Å². The van der Waals surface area contributed by atoms with Crippen LogP contribution in [0.1, 0.15) is 0 Å². The van der Waals surface area contributed by atoms with E-state index < -0.39 is 39.1 Å². The monoisotopic (exact) mass is 736 g/mol. The van der Waals surface area contributed by atoms with E-state index in [2.05, 4.69) is 0 Å². The van der Waals surface area contributed by atoms with Crippen LogP contribution in [0, 0.1) is 0 Å². The van der Waals surface area contributed by atoms with Crippen LogP contribution in [-0.4, -0.2) is 182 Å². The maximum Gasteiger partial charge on any atom is 2.00 e. The van der Waals surface area contributed by atoms with E-state index in [1.807, 2.05) is 0 Å². The largest absolute Gasteiger partial charge is 2.00 e. The number of hydrogen-bond donors (Lipinski definition) is 0. The average Bonchev–Trinajstić information content (AvgIpc) is 1.79. The Bertz CT molecular complexity index is 408. The van der Waals surface area contributed by atoms with E-state index in [1.54, 1.807) is 0 Å². The molecule has 0 saturated heterocycles. The topological polar surface area (TPSA) is 431 Å². The number of hydrogen-bond acceptors (Lipinski definition) is 20. The van der Waals surface area contributed by atoms with E-state index in [1.165, 1.54) is 0 Å². The van der Waals surface area contributed by atoms with Gasteiger partial charge in [0.05, 0.1) is 0 Å². The fourth-order valence-corrected chi connectivity index (χ4v) is 0. The van der Waals surface area contributed by atoms with Crippen LogP contribution in [0.5, 0.6) is 0 Å². The van der Waals surface area contributed by atoms with Gasteiger partial charge in [-0.15, -0.1) is 0 Å². The number of phosphoric acid groups is 5. The second-order valence-electron chi connectivity index (χ2n) is 2.24. The standard InChI is InChI=1S/3Ca.3Mg.3Na.5H3O4P/c;;;;;;;;;5*1-5(2,3)4/h;;;;;;;;;5*(H3,1,2,3,4)/q6*+2;3*+1;;;;;/p-15. The van der Waals surface area contributed by atoms with Gasteiger partial charge in [0.2, 0.25) is 0 Å². The molecular formula is Ca3Mg3Na3O20P5. The SMILES string of the molecule is O=P([O-])([O-])[O-].O=P([O-])([O-])[O-].O=P([O-])([O-])[O-].O=P([O-])([O-])[O-].O=P([O-])([O-])[O-].[Ca+2].[Ca+2].[Ca+2].[Mg+2].[Mg+2].[Mg+2].[Na+].[Na+].[Na+].